The minimum Gasteiger partial charge on any atom is -0.359 e. The lowest BCUT2D eigenvalue weighted by Gasteiger charge is -2.34. The van der Waals surface area contributed by atoms with Gasteiger partial charge in [0.25, 0.3) is 0 Å². The van der Waals surface area contributed by atoms with Gasteiger partial charge in [-0.1, -0.05) is 12.1 Å². The average Bonchev–Trinajstić information content (AvgIpc) is 3.27. The first-order valence-corrected chi connectivity index (χ1v) is 8.97. The maximum Gasteiger partial charge on any atom is 0.322 e. The summed E-state index contributed by atoms with van der Waals surface area (Å²) < 4.78 is 5.23. The van der Waals surface area contributed by atoms with Crippen LogP contribution in [0.1, 0.15) is 42.8 Å². The number of rotatable bonds is 4. The van der Waals surface area contributed by atoms with Gasteiger partial charge in [-0.25, -0.2) is 4.79 Å². The Labute approximate surface area is 146 Å². The van der Waals surface area contributed by atoms with Crippen LogP contribution in [0.5, 0.6) is 0 Å². The summed E-state index contributed by atoms with van der Waals surface area (Å²) in [7, 11) is 0. The standard InChI is InChI=1S/C17H24N6O2/c1-3-14-16(11(2)21-25-14)18-17(24)23-8-6-22(7-9-23)15-10-13(19-20-15)12-4-5-12/h10,12H,3-9H2,1-2H3,(H,18,24)(H,19,20). The number of piperazine rings is 1. The van der Waals surface area contributed by atoms with Gasteiger partial charge in [0.1, 0.15) is 11.4 Å². The Kier molecular flexibility index (Phi) is 4.10. The van der Waals surface area contributed by atoms with Gasteiger partial charge in [-0.3, -0.25) is 5.10 Å². The monoisotopic (exact) mass is 344 g/mol. The summed E-state index contributed by atoms with van der Waals surface area (Å²) in [5.41, 5.74) is 2.66. The van der Waals surface area contributed by atoms with E-state index in [0.717, 1.165) is 18.9 Å². The Bertz CT molecular complexity index is 755. The number of amides is 2. The van der Waals surface area contributed by atoms with Crippen LogP contribution in [0.4, 0.5) is 16.3 Å². The van der Waals surface area contributed by atoms with Crippen LogP contribution in [0.2, 0.25) is 0 Å². The molecule has 8 heteroatoms. The summed E-state index contributed by atoms with van der Waals surface area (Å²) in [6.07, 6.45) is 3.22. The van der Waals surface area contributed by atoms with Crippen LogP contribution in [0.25, 0.3) is 0 Å². The summed E-state index contributed by atoms with van der Waals surface area (Å²) in [4.78, 5) is 16.6. The number of H-pyrrole nitrogens is 1. The zero-order valence-electron chi connectivity index (χ0n) is 14.7. The third-order valence-corrected chi connectivity index (χ3v) is 4.98. The van der Waals surface area contributed by atoms with Gasteiger partial charge in [-0.05, 0) is 19.8 Å². The van der Waals surface area contributed by atoms with Crippen molar-refractivity contribution in [3.8, 4) is 0 Å². The number of nitrogens with one attached hydrogen (secondary N) is 2. The van der Waals surface area contributed by atoms with Gasteiger partial charge < -0.3 is 19.6 Å². The number of aromatic nitrogens is 3. The number of aryl methyl sites for hydroxylation is 2. The molecule has 25 heavy (non-hydrogen) atoms. The Balaban J connectivity index is 1.34. The highest BCUT2D eigenvalue weighted by Gasteiger charge is 2.28. The zero-order chi connectivity index (χ0) is 17.4. The molecule has 2 aliphatic rings. The molecule has 0 spiro atoms. The average molecular weight is 344 g/mol. The molecule has 2 N–H and O–H groups in total. The van der Waals surface area contributed by atoms with Crippen molar-refractivity contribution in [2.75, 3.05) is 36.4 Å². The molecule has 0 unspecified atom stereocenters. The van der Waals surface area contributed by atoms with E-state index in [1.165, 1.54) is 18.5 Å². The van der Waals surface area contributed by atoms with E-state index in [9.17, 15) is 4.79 Å². The van der Waals surface area contributed by atoms with Crippen molar-refractivity contribution < 1.29 is 9.32 Å². The number of nitrogens with zero attached hydrogens (tertiary/aromatic N) is 4. The van der Waals surface area contributed by atoms with Gasteiger partial charge in [0, 0.05) is 50.3 Å². The summed E-state index contributed by atoms with van der Waals surface area (Å²) in [6, 6.07) is 2.06. The normalized spacial score (nSPS) is 17.8. The van der Waals surface area contributed by atoms with Crippen molar-refractivity contribution in [3.63, 3.8) is 0 Å². The van der Waals surface area contributed by atoms with Crippen LogP contribution >= 0.6 is 0 Å². The molecule has 1 saturated carbocycles. The van der Waals surface area contributed by atoms with Gasteiger partial charge in [0.05, 0.1) is 0 Å². The fourth-order valence-electron chi connectivity index (χ4n) is 3.23. The smallest absolute Gasteiger partial charge is 0.322 e. The van der Waals surface area contributed by atoms with Crippen molar-refractivity contribution >= 4 is 17.5 Å². The number of hydrogen-bond acceptors (Lipinski definition) is 5. The highest BCUT2D eigenvalue weighted by atomic mass is 16.5. The van der Waals surface area contributed by atoms with Crippen molar-refractivity contribution in [1.82, 2.24) is 20.3 Å². The number of carbonyl (C=O) groups excluding carboxylic acids is 1. The molecule has 0 aromatic carbocycles. The highest BCUT2D eigenvalue weighted by molar-refractivity contribution is 5.90. The largest absolute Gasteiger partial charge is 0.359 e. The van der Waals surface area contributed by atoms with E-state index in [1.54, 1.807) is 0 Å². The number of aromatic amines is 1. The topological polar surface area (TPSA) is 90.3 Å². The SMILES string of the molecule is CCc1onc(C)c1NC(=O)N1CCN(c2cc(C3CC3)[nH]n2)CC1. The maximum absolute atomic E-state index is 12.5. The molecule has 0 radical (unpaired) electrons. The summed E-state index contributed by atoms with van der Waals surface area (Å²) in [6.45, 7) is 6.73. The first-order valence-electron chi connectivity index (χ1n) is 8.97. The van der Waals surface area contributed by atoms with Gasteiger partial charge in [0.15, 0.2) is 11.6 Å². The summed E-state index contributed by atoms with van der Waals surface area (Å²) in [5, 5.41) is 14.5. The van der Waals surface area contributed by atoms with Crippen LogP contribution in [0.15, 0.2) is 10.6 Å². The lowest BCUT2D eigenvalue weighted by Crippen LogP contribution is -2.50. The Morgan fingerprint density at radius 2 is 2.12 bits per heavy atom. The van der Waals surface area contributed by atoms with Crippen LogP contribution in [0.3, 0.4) is 0 Å². The molecule has 2 amide bonds. The second-order valence-electron chi connectivity index (χ2n) is 6.78. The third-order valence-electron chi connectivity index (χ3n) is 4.98. The molecular formula is C17H24N6O2. The van der Waals surface area contributed by atoms with Crippen molar-refractivity contribution in [2.45, 2.75) is 39.0 Å². The first-order chi connectivity index (χ1) is 12.2. The molecule has 0 bridgehead atoms. The number of hydrogen-bond donors (Lipinski definition) is 2. The predicted molar refractivity (Wildman–Crippen MR) is 94.0 cm³/mol. The molecule has 3 heterocycles. The fourth-order valence-corrected chi connectivity index (χ4v) is 3.23. The van der Waals surface area contributed by atoms with Crippen molar-refractivity contribution in [2.24, 2.45) is 0 Å². The summed E-state index contributed by atoms with van der Waals surface area (Å²) in [5.74, 6) is 2.38. The molecule has 8 nitrogen and oxygen atoms in total. The van der Waals surface area contributed by atoms with E-state index >= 15 is 0 Å². The highest BCUT2D eigenvalue weighted by Crippen LogP contribution is 2.39. The fraction of sp³-hybridized carbons (Fsp3) is 0.588. The van der Waals surface area contributed by atoms with Gasteiger partial charge >= 0.3 is 6.03 Å². The van der Waals surface area contributed by atoms with E-state index in [0.29, 0.717) is 42.6 Å². The summed E-state index contributed by atoms with van der Waals surface area (Å²) >= 11 is 0. The van der Waals surface area contributed by atoms with Crippen molar-refractivity contribution in [3.05, 3.63) is 23.2 Å². The third kappa shape index (κ3) is 3.20. The maximum atomic E-state index is 12.5. The molecular weight excluding hydrogens is 320 g/mol. The van der Waals surface area contributed by atoms with Crippen LogP contribution in [-0.2, 0) is 6.42 Å². The molecule has 1 aliphatic heterocycles. The Morgan fingerprint density at radius 3 is 2.80 bits per heavy atom. The second kappa shape index (κ2) is 6.42. The van der Waals surface area contributed by atoms with Crippen LogP contribution in [-0.4, -0.2) is 52.5 Å². The van der Waals surface area contributed by atoms with Crippen LogP contribution in [0, 0.1) is 6.92 Å². The second-order valence-corrected chi connectivity index (χ2v) is 6.78. The van der Waals surface area contributed by atoms with E-state index in [2.05, 4.69) is 31.6 Å². The molecule has 2 fully saturated rings. The molecule has 1 saturated heterocycles. The van der Waals surface area contributed by atoms with Crippen LogP contribution < -0.4 is 10.2 Å². The quantitative estimate of drug-likeness (QED) is 0.889. The Morgan fingerprint density at radius 1 is 1.36 bits per heavy atom. The van der Waals surface area contributed by atoms with E-state index in [-0.39, 0.29) is 6.03 Å². The minimum atomic E-state index is -0.0960. The van der Waals surface area contributed by atoms with Gasteiger partial charge in [-0.2, -0.15) is 5.10 Å². The number of urea groups is 1. The number of carbonyl (C=O) groups is 1. The molecule has 2 aromatic rings. The molecule has 2 aromatic heterocycles. The van der Waals surface area contributed by atoms with E-state index in [1.807, 2.05) is 18.7 Å². The number of anilines is 2. The van der Waals surface area contributed by atoms with E-state index < -0.39 is 0 Å². The van der Waals surface area contributed by atoms with Gasteiger partial charge in [-0.15, -0.1) is 0 Å². The predicted octanol–water partition coefficient (Wildman–Crippen LogP) is 2.50. The first kappa shape index (κ1) is 16.0. The molecule has 4 rings (SSSR count). The molecule has 1 aliphatic carbocycles. The molecule has 134 valence electrons. The minimum absolute atomic E-state index is 0.0960. The lowest BCUT2D eigenvalue weighted by molar-refractivity contribution is 0.208. The lowest BCUT2D eigenvalue weighted by atomic mass is 10.2. The van der Waals surface area contributed by atoms with Gasteiger partial charge in [0.2, 0.25) is 0 Å². The van der Waals surface area contributed by atoms with Crippen molar-refractivity contribution in [1.29, 1.82) is 0 Å². The van der Waals surface area contributed by atoms with E-state index in [4.69, 9.17) is 4.52 Å². The zero-order valence-corrected chi connectivity index (χ0v) is 14.7. The molecule has 0 atom stereocenters. The Hall–Kier alpha value is -2.51.